The van der Waals surface area contributed by atoms with E-state index >= 15 is 0 Å². The van der Waals surface area contributed by atoms with E-state index in [4.69, 9.17) is 5.26 Å². The lowest BCUT2D eigenvalue weighted by atomic mass is 9.85. The van der Waals surface area contributed by atoms with Crippen LogP contribution in [0.4, 0.5) is 0 Å². The van der Waals surface area contributed by atoms with Crippen LogP contribution >= 0.6 is 0 Å². The van der Waals surface area contributed by atoms with Crippen LogP contribution in [0, 0.1) is 17.2 Å². The zero-order valence-electron chi connectivity index (χ0n) is 9.44. The highest BCUT2D eigenvalue weighted by Crippen LogP contribution is 2.27. The summed E-state index contributed by atoms with van der Waals surface area (Å²) >= 11 is 0. The standard InChI is InChI=1S/C11H10N2.C2H6/c1-8-2-3-11-10(6-8)9(7-12)4-5-13-11;1-2/h2-6,10-11H,1H3;1-2H3. The zero-order valence-corrected chi connectivity index (χ0v) is 9.44. The molecule has 0 aromatic rings. The lowest BCUT2D eigenvalue weighted by molar-refractivity contribution is 0.657. The Kier molecular flexibility index (Phi) is 4.05. The maximum absolute atomic E-state index is 8.88. The third kappa shape index (κ3) is 2.44. The van der Waals surface area contributed by atoms with E-state index in [9.17, 15) is 0 Å². The van der Waals surface area contributed by atoms with Gasteiger partial charge in [0.15, 0.2) is 0 Å². The van der Waals surface area contributed by atoms with E-state index in [0.29, 0.717) is 0 Å². The van der Waals surface area contributed by atoms with Gasteiger partial charge in [-0.3, -0.25) is 4.99 Å². The van der Waals surface area contributed by atoms with Crippen LogP contribution in [-0.4, -0.2) is 12.3 Å². The van der Waals surface area contributed by atoms with Crippen molar-refractivity contribution in [3.63, 3.8) is 0 Å². The topological polar surface area (TPSA) is 36.1 Å². The van der Waals surface area contributed by atoms with Crippen LogP contribution in [0.1, 0.15) is 20.8 Å². The summed E-state index contributed by atoms with van der Waals surface area (Å²) in [5.74, 6) is 0.167. The van der Waals surface area contributed by atoms with Crippen LogP contribution in [0.3, 0.4) is 0 Å². The molecule has 0 aromatic carbocycles. The number of rotatable bonds is 0. The largest absolute Gasteiger partial charge is 0.285 e. The quantitative estimate of drug-likeness (QED) is 0.592. The summed E-state index contributed by atoms with van der Waals surface area (Å²) in [4.78, 5) is 4.30. The van der Waals surface area contributed by atoms with Crippen LogP contribution in [0.25, 0.3) is 0 Å². The van der Waals surface area contributed by atoms with Gasteiger partial charge in [-0.25, -0.2) is 0 Å². The second-order valence-corrected chi connectivity index (χ2v) is 3.32. The van der Waals surface area contributed by atoms with E-state index in [1.807, 2.05) is 20.8 Å². The van der Waals surface area contributed by atoms with Gasteiger partial charge in [0, 0.05) is 17.7 Å². The average molecular weight is 200 g/mol. The van der Waals surface area contributed by atoms with Gasteiger partial charge in [-0.2, -0.15) is 5.26 Å². The van der Waals surface area contributed by atoms with E-state index in [1.54, 1.807) is 12.3 Å². The van der Waals surface area contributed by atoms with Gasteiger partial charge < -0.3 is 0 Å². The number of aliphatic imine (C=N–C) groups is 1. The first-order valence-corrected chi connectivity index (χ1v) is 5.31. The first-order valence-electron chi connectivity index (χ1n) is 5.31. The zero-order chi connectivity index (χ0) is 11.3. The molecule has 2 unspecified atom stereocenters. The van der Waals surface area contributed by atoms with Crippen molar-refractivity contribution in [2.45, 2.75) is 26.8 Å². The van der Waals surface area contributed by atoms with Crippen molar-refractivity contribution in [2.24, 2.45) is 10.9 Å². The SMILES string of the molecule is CC.CC1=CC2C(C#N)=CC=NC2C=C1. The molecule has 2 aliphatic rings. The van der Waals surface area contributed by atoms with Gasteiger partial charge in [-0.05, 0) is 13.0 Å². The Morgan fingerprint density at radius 2 is 2.13 bits per heavy atom. The third-order valence-corrected chi connectivity index (χ3v) is 2.37. The lowest BCUT2D eigenvalue weighted by Crippen LogP contribution is -2.21. The number of allylic oxidation sites excluding steroid dienone is 3. The van der Waals surface area contributed by atoms with Gasteiger partial charge in [-0.1, -0.05) is 37.6 Å². The van der Waals surface area contributed by atoms with Crippen molar-refractivity contribution < 1.29 is 0 Å². The van der Waals surface area contributed by atoms with Crippen molar-refractivity contribution in [3.8, 4) is 6.07 Å². The summed E-state index contributed by atoms with van der Waals surface area (Å²) < 4.78 is 0. The Morgan fingerprint density at radius 1 is 1.40 bits per heavy atom. The second kappa shape index (κ2) is 5.31. The smallest absolute Gasteiger partial charge is 0.0954 e. The van der Waals surface area contributed by atoms with Crippen molar-refractivity contribution in [2.75, 3.05) is 0 Å². The molecule has 0 radical (unpaired) electrons. The van der Waals surface area contributed by atoms with Crippen LogP contribution in [0.15, 0.2) is 40.4 Å². The van der Waals surface area contributed by atoms with Gasteiger partial charge in [0.25, 0.3) is 0 Å². The summed E-state index contributed by atoms with van der Waals surface area (Å²) in [6, 6.07) is 2.36. The lowest BCUT2D eigenvalue weighted by Gasteiger charge is -2.23. The maximum atomic E-state index is 8.88. The fourth-order valence-corrected chi connectivity index (χ4v) is 1.67. The third-order valence-electron chi connectivity index (χ3n) is 2.37. The summed E-state index contributed by atoms with van der Waals surface area (Å²) in [6.45, 7) is 6.04. The first-order chi connectivity index (χ1) is 7.31. The predicted octanol–water partition coefficient (Wildman–Crippen LogP) is 3.05. The number of nitriles is 1. The van der Waals surface area contributed by atoms with Gasteiger partial charge in [0.1, 0.15) is 0 Å². The molecule has 0 bridgehead atoms. The molecular weight excluding hydrogens is 184 g/mol. The monoisotopic (exact) mass is 200 g/mol. The first kappa shape index (κ1) is 11.5. The van der Waals surface area contributed by atoms with Crippen molar-refractivity contribution in [3.05, 3.63) is 35.5 Å². The molecule has 0 fully saturated rings. The molecular formula is C13H16N2. The highest BCUT2D eigenvalue weighted by Gasteiger charge is 2.24. The summed E-state index contributed by atoms with van der Waals surface area (Å²) in [5, 5.41) is 8.88. The molecule has 0 aromatic heterocycles. The number of hydrogen-bond acceptors (Lipinski definition) is 2. The minimum Gasteiger partial charge on any atom is -0.285 e. The molecule has 15 heavy (non-hydrogen) atoms. The Hall–Kier alpha value is -1.62. The van der Waals surface area contributed by atoms with Gasteiger partial charge in [0.05, 0.1) is 12.1 Å². The predicted molar refractivity (Wildman–Crippen MR) is 63.7 cm³/mol. The van der Waals surface area contributed by atoms with E-state index in [0.717, 1.165) is 5.57 Å². The van der Waals surface area contributed by atoms with Crippen LogP contribution in [0.5, 0.6) is 0 Å². The fourth-order valence-electron chi connectivity index (χ4n) is 1.67. The van der Waals surface area contributed by atoms with Gasteiger partial charge in [0.2, 0.25) is 0 Å². The van der Waals surface area contributed by atoms with E-state index in [2.05, 4.69) is 29.3 Å². The normalized spacial score (nSPS) is 26.5. The minimum absolute atomic E-state index is 0.142. The molecule has 0 saturated carbocycles. The molecule has 2 rings (SSSR count). The van der Waals surface area contributed by atoms with Crippen molar-refractivity contribution >= 4 is 6.21 Å². The highest BCUT2D eigenvalue weighted by molar-refractivity contribution is 5.76. The number of hydrogen-bond donors (Lipinski definition) is 0. The molecule has 2 nitrogen and oxygen atoms in total. The average Bonchev–Trinajstić information content (AvgIpc) is 2.31. The van der Waals surface area contributed by atoms with E-state index in [1.165, 1.54) is 5.57 Å². The van der Waals surface area contributed by atoms with Gasteiger partial charge in [-0.15, -0.1) is 0 Å². The molecule has 0 amide bonds. The maximum Gasteiger partial charge on any atom is 0.0954 e. The molecule has 0 saturated heterocycles. The molecule has 1 heterocycles. The molecule has 78 valence electrons. The molecule has 0 spiro atoms. The molecule has 2 heteroatoms. The highest BCUT2D eigenvalue weighted by atomic mass is 14.8. The Morgan fingerprint density at radius 3 is 2.80 bits per heavy atom. The van der Waals surface area contributed by atoms with Crippen LogP contribution < -0.4 is 0 Å². The minimum atomic E-state index is 0.142. The Balaban J connectivity index is 0.000000531. The number of dihydropyridines is 1. The van der Waals surface area contributed by atoms with Gasteiger partial charge >= 0.3 is 0 Å². The Labute approximate surface area is 91.3 Å². The van der Waals surface area contributed by atoms with Crippen LogP contribution in [0.2, 0.25) is 0 Å². The van der Waals surface area contributed by atoms with E-state index < -0.39 is 0 Å². The Bertz CT molecular complexity index is 378. The fraction of sp³-hybridized carbons (Fsp3) is 0.385. The summed E-state index contributed by atoms with van der Waals surface area (Å²) in [6.07, 6.45) is 9.73. The second-order valence-electron chi connectivity index (χ2n) is 3.32. The van der Waals surface area contributed by atoms with Crippen molar-refractivity contribution in [1.29, 1.82) is 5.26 Å². The number of fused-ring (bicyclic) bond motifs is 1. The molecule has 1 aliphatic carbocycles. The van der Waals surface area contributed by atoms with E-state index in [-0.39, 0.29) is 12.0 Å². The number of nitrogens with zero attached hydrogens (tertiary/aromatic N) is 2. The van der Waals surface area contributed by atoms with Crippen molar-refractivity contribution in [1.82, 2.24) is 0 Å². The van der Waals surface area contributed by atoms with Crippen LogP contribution in [-0.2, 0) is 0 Å². The molecule has 2 atom stereocenters. The molecule has 0 N–H and O–H groups in total. The molecule has 1 aliphatic heterocycles. The summed E-state index contributed by atoms with van der Waals surface area (Å²) in [7, 11) is 0. The summed E-state index contributed by atoms with van der Waals surface area (Å²) in [5.41, 5.74) is 2.02.